The lowest BCUT2D eigenvalue weighted by atomic mass is 10.1. The topological polar surface area (TPSA) is 72.3 Å². The van der Waals surface area contributed by atoms with Gasteiger partial charge in [-0.15, -0.1) is 10.2 Å². The highest BCUT2D eigenvalue weighted by molar-refractivity contribution is 5.85. The number of benzene rings is 2. The zero-order valence-corrected chi connectivity index (χ0v) is 15.5. The van der Waals surface area contributed by atoms with E-state index >= 15 is 0 Å². The standard InChI is InChI=1S/C20H23N5O2/c1-14(19-23-21-13-24(19)2)22-20(26)25-10-17(11-25)27-12-16-8-5-7-15-6-3-4-9-18(15)16/h3-9,13-14,17H,10-12H2,1-2H3,(H,22,26). The number of carbonyl (C=O) groups excluding carboxylic acids is 1. The number of urea groups is 1. The molecule has 1 N–H and O–H groups in total. The van der Waals surface area contributed by atoms with Crippen LogP contribution in [0.3, 0.4) is 0 Å². The molecule has 3 aromatic rings. The Morgan fingerprint density at radius 2 is 2.04 bits per heavy atom. The number of amides is 2. The predicted molar refractivity (Wildman–Crippen MR) is 102 cm³/mol. The first kappa shape index (κ1) is 17.5. The highest BCUT2D eigenvalue weighted by Gasteiger charge is 2.32. The number of hydrogen-bond acceptors (Lipinski definition) is 4. The summed E-state index contributed by atoms with van der Waals surface area (Å²) in [5.74, 6) is 0.729. The van der Waals surface area contributed by atoms with Crippen LogP contribution in [0, 0.1) is 0 Å². The molecule has 4 rings (SSSR count). The van der Waals surface area contributed by atoms with Crippen LogP contribution in [0.2, 0.25) is 0 Å². The fraction of sp³-hybridized carbons (Fsp3) is 0.350. The Balaban J connectivity index is 1.27. The molecule has 1 atom stereocenters. The van der Waals surface area contributed by atoms with E-state index in [1.165, 1.54) is 16.3 Å². The third-order valence-corrected chi connectivity index (χ3v) is 4.96. The molecule has 1 fully saturated rings. The van der Waals surface area contributed by atoms with Gasteiger partial charge in [0.05, 0.1) is 31.8 Å². The number of carbonyl (C=O) groups is 1. The molecule has 0 bridgehead atoms. The van der Waals surface area contributed by atoms with Crippen molar-refractivity contribution in [1.29, 1.82) is 0 Å². The maximum atomic E-state index is 12.3. The summed E-state index contributed by atoms with van der Waals surface area (Å²) < 4.78 is 7.80. The maximum Gasteiger partial charge on any atom is 0.318 e. The molecule has 1 aliphatic rings. The van der Waals surface area contributed by atoms with Crippen LogP contribution in [0.25, 0.3) is 10.8 Å². The first-order valence-electron chi connectivity index (χ1n) is 9.09. The van der Waals surface area contributed by atoms with Gasteiger partial charge in [-0.3, -0.25) is 0 Å². The van der Waals surface area contributed by atoms with Gasteiger partial charge in [-0.05, 0) is 23.3 Å². The number of rotatable bonds is 5. The first-order chi connectivity index (χ1) is 13.1. The molecular weight excluding hydrogens is 342 g/mol. The van der Waals surface area contributed by atoms with Gasteiger partial charge in [0, 0.05) is 7.05 Å². The molecule has 140 valence electrons. The van der Waals surface area contributed by atoms with Gasteiger partial charge < -0.3 is 19.5 Å². The summed E-state index contributed by atoms with van der Waals surface area (Å²) in [6.07, 6.45) is 1.69. The highest BCUT2D eigenvalue weighted by Crippen LogP contribution is 2.21. The number of hydrogen-bond donors (Lipinski definition) is 1. The van der Waals surface area contributed by atoms with Gasteiger partial charge in [-0.25, -0.2) is 4.79 Å². The number of fused-ring (bicyclic) bond motifs is 1. The van der Waals surface area contributed by atoms with E-state index in [1.54, 1.807) is 15.8 Å². The predicted octanol–water partition coefficient (Wildman–Crippen LogP) is 2.64. The summed E-state index contributed by atoms with van der Waals surface area (Å²) in [4.78, 5) is 14.1. The Kier molecular flexibility index (Phi) is 4.77. The van der Waals surface area contributed by atoms with Crippen LogP contribution in [0.5, 0.6) is 0 Å². The lowest BCUT2D eigenvalue weighted by molar-refractivity contribution is -0.0441. The number of nitrogens with one attached hydrogen (secondary N) is 1. The molecule has 1 aromatic heterocycles. The van der Waals surface area contributed by atoms with Crippen LogP contribution < -0.4 is 5.32 Å². The second kappa shape index (κ2) is 7.36. The first-order valence-corrected chi connectivity index (χ1v) is 9.09. The molecule has 1 aliphatic heterocycles. The molecule has 2 amide bonds. The zero-order valence-electron chi connectivity index (χ0n) is 15.5. The van der Waals surface area contributed by atoms with Crippen LogP contribution in [0.15, 0.2) is 48.8 Å². The number of ether oxygens (including phenoxy) is 1. The van der Waals surface area contributed by atoms with Crippen molar-refractivity contribution in [3.8, 4) is 0 Å². The van der Waals surface area contributed by atoms with E-state index in [-0.39, 0.29) is 18.2 Å². The van der Waals surface area contributed by atoms with Crippen molar-refractivity contribution < 1.29 is 9.53 Å². The van der Waals surface area contributed by atoms with Crippen LogP contribution in [-0.2, 0) is 18.4 Å². The minimum absolute atomic E-state index is 0.0693. The van der Waals surface area contributed by atoms with Crippen molar-refractivity contribution >= 4 is 16.8 Å². The van der Waals surface area contributed by atoms with Crippen LogP contribution in [0.4, 0.5) is 4.79 Å². The summed E-state index contributed by atoms with van der Waals surface area (Å²) in [6.45, 7) is 3.65. The van der Waals surface area contributed by atoms with Crippen molar-refractivity contribution in [2.75, 3.05) is 13.1 Å². The van der Waals surface area contributed by atoms with Gasteiger partial charge in [0.2, 0.25) is 0 Å². The molecule has 7 heteroatoms. The normalized spacial score (nSPS) is 15.6. The molecule has 0 saturated carbocycles. The fourth-order valence-electron chi connectivity index (χ4n) is 3.36. The van der Waals surface area contributed by atoms with Crippen molar-refractivity contribution in [2.24, 2.45) is 7.05 Å². The summed E-state index contributed by atoms with van der Waals surface area (Å²) in [5, 5.41) is 13.3. The number of likely N-dealkylation sites (tertiary alicyclic amines) is 1. The lowest BCUT2D eigenvalue weighted by Gasteiger charge is -2.39. The molecule has 2 heterocycles. The van der Waals surface area contributed by atoms with E-state index in [4.69, 9.17) is 4.74 Å². The van der Waals surface area contributed by atoms with Gasteiger partial charge in [0.1, 0.15) is 6.33 Å². The van der Waals surface area contributed by atoms with Crippen LogP contribution in [0.1, 0.15) is 24.4 Å². The van der Waals surface area contributed by atoms with Crippen LogP contribution >= 0.6 is 0 Å². The van der Waals surface area contributed by atoms with Gasteiger partial charge in [-0.2, -0.15) is 0 Å². The molecule has 2 aromatic carbocycles. The Labute approximate surface area is 157 Å². The Hall–Kier alpha value is -2.93. The Morgan fingerprint density at radius 1 is 1.26 bits per heavy atom. The summed E-state index contributed by atoms with van der Waals surface area (Å²) >= 11 is 0. The SMILES string of the molecule is CC(NC(=O)N1CC(OCc2cccc3ccccc23)C1)c1nncn1C. The van der Waals surface area contributed by atoms with E-state index < -0.39 is 0 Å². The second-order valence-corrected chi connectivity index (χ2v) is 6.95. The molecule has 0 spiro atoms. The van der Waals surface area contributed by atoms with Gasteiger partial charge in [0.25, 0.3) is 0 Å². The number of nitrogens with zero attached hydrogens (tertiary/aromatic N) is 4. The molecule has 1 unspecified atom stereocenters. The Bertz CT molecular complexity index is 943. The average Bonchev–Trinajstić information content (AvgIpc) is 3.06. The smallest absolute Gasteiger partial charge is 0.318 e. The molecule has 0 aliphatic carbocycles. The number of aromatic nitrogens is 3. The lowest BCUT2D eigenvalue weighted by Crippen LogP contribution is -2.57. The summed E-state index contributed by atoms with van der Waals surface area (Å²) in [5.41, 5.74) is 1.17. The van der Waals surface area contributed by atoms with E-state index in [0.717, 1.165) is 5.82 Å². The van der Waals surface area contributed by atoms with E-state index in [1.807, 2.05) is 26.1 Å². The minimum atomic E-state index is -0.194. The van der Waals surface area contributed by atoms with Gasteiger partial charge >= 0.3 is 6.03 Å². The van der Waals surface area contributed by atoms with Crippen molar-refractivity contribution in [1.82, 2.24) is 25.0 Å². The third-order valence-electron chi connectivity index (χ3n) is 4.96. The Morgan fingerprint density at radius 3 is 2.81 bits per heavy atom. The van der Waals surface area contributed by atoms with Gasteiger partial charge in [0.15, 0.2) is 5.82 Å². The largest absolute Gasteiger partial charge is 0.370 e. The molecule has 27 heavy (non-hydrogen) atoms. The molecule has 0 radical (unpaired) electrons. The third kappa shape index (κ3) is 3.64. The zero-order chi connectivity index (χ0) is 18.8. The van der Waals surface area contributed by atoms with E-state index in [2.05, 4.69) is 45.8 Å². The molecule has 7 nitrogen and oxygen atoms in total. The van der Waals surface area contributed by atoms with E-state index in [9.17, 15) is 4.79 Å². The monoisotopic (exact) mass is 365 g/mol. The summed E-state index contributed by atoms with van der Waals surface area (Å²) in [7, 11) is 1.86. The van der Waals surface area contributed by atoms with Crippen molar-refractivity contribution in [3.05, 3.63) is 60.2 Å². The van der Waals surface area contributed by atoms with Gasteiger partial charge in [-0.1, -0.05) is 42.5 Å². The second-order valence-electron chi connectivity index (χ2n) is 6.95. The summed E-state index contributed by atoms with van der Waals surface area (Å²) in [6, 6.07) is 14.2. The van der Waals surface area contributed by atoms with Crippen LogP contribution in [-0.4, -0.2) is 44.9 Å². The highest BCUT2D eigenvalue weighted by atomic mass is 16.5. The van der Waals surface area contributed by atoms with Crippen molar-refractivity contribution in [3.63, 3.8) is 0 Å². The molecule has 1 saturated heterocycles. The maximum absolute atomic E-state index is 12.3. The molecular formula is C20H23N5O2. The van der Waals surface area contributed by atoms with Crippen molar-refractivity contribution in [2.45, 2.75) is 25.7 Å². The minimum Gasteiger partial charge on any atom is -0.370 e. The van der Waals surface area contributed by atoms with E-state index in [0.29, 0.717) is 19.7 Å². The number of aryl methyl sites for hydroxylation is 1. The fourth-order valence-corrected chi connectivity index (χ4v) is 3.36. The quantitative estimate of drug-likeness (QED) is 0.754. The average molecular weight is 365 g/mol.